The van der Waals surface area contributed by atoms with E-state index in [4.69, 9.17) is 0 Å². The first-order chi connectivity index (χ1) is 13.0. The predicted octanol–water partition coefficient (Wildman–Crippen LogP) is 3.47. The number of aromatic nitrogens is 1. The minimum Gasteiger partial charge on any atom is -0.350 e. The molecule has 144 valence electrons. The van der Waals surface area contributed by atoms with Crippen molar-refractivity contribution in [3.05, 3.63) is 51.5 Å². The third-order valence-corrected chi connectivity index (χ3v) is 5.63. The second-order valence-electron chi connectivity index (χ2n) is 6.52. The molecule has 1 atom stereocenters. The Morgan fingerprint density at radius 3 is 2.96 bits per heavy atom. The summed E-state index contributed by atoms with van der Waals surface area (Å²) in [5.74, 6) is -1.82. The van der Waals surface area contributed by atoms with Crippen LogP contribution in [0, 0.1) is 11.6 Å². The summed E-state index contributed by atoms with van der Waals surface area (Å²) in [4.78, 5) is 30.1. The molecule has 0 aliphatic carbocycles. The van der Waals surface area contributed by atoms with Gasteiger partial charge < -0.3 is 10.2 Å². The van der Waals surface area contributed by atoms with Crippen molar-refractivity contribution in [2.24, 2.45) is 0 Å². The summed E-state index contributed by atoms with van der Waals surface area (Å²) >= 11 is 1.50. The highest BCUT2D eigenvalue weighted by atomic mass is 32.1. The van der Waals surface area contributed by atoms with Crippen LogP contribution in [0.15, 0.2) is 23.6 Å². The number of hydrogen-bond acceptors (Lipinski definition) is 4. The van der Waals surface area contributed by atoms with Crippen molar-refractivity contribution < 1.29 is 18.4 Å². The van der Waals surface area contributed by atoms with Crippen LogP contribution >= 0.6 is 11.3 Å². The van der Waals surface area contributed by atoms with Crippen molar-refractivity contribution in [1.82, 2.24) is 15.2 Å². The van der Waals surface area contributed by atoms with Gasteiger partial charge in [0.1, 0.15) is 11.6 Å². The molecule has 1 saturated heterocycles. The third kappa shape index (κ3) is 4.68. The van der Waals surface area contributed by atoms with E-state index >= 15 is 0 Å². The molecule has 0 unspecified atom stereocenters. The van der Waals surface area contributed by atoms with Gasteiger partial charge in [0.2, 0.25) is 5.91 Å². The molecule has 0 radical (unpaired) electrons. The fourth-order valence-corrected chi connectivity index (χ4v) is 4.05. The molecule has 2 aromatic rings. The van der Waals surface area contributed by atoms with Gasteiger partial charge in [-0.25, -0.2) is 13.8 Å². The molecule has 1 aromatic heterocycles. The molecule has 1 aliphatic rings. The third-order valence-electron chi connectivity index (χ3n) is 4.57. The van der Waals surface area contributed by atoms with Crippen molar-refractivity contribution >= 4 is 23.2 Å². The van der Waals surface area contributed by atoms with Crippen LogP contribution in [-0.4, -0.2) is 34.8 Å². The average molecular weight is 393 g/mol. The second kappa shape index (κ2) is 8.56. The summed E-state index contributed by atoms with van der Waals surface area (Å²) in [6.45, 7) is 3.10. The molecule has 1 aliphatic heterocycles. The number of nitrogens with one attached hydrogen (secondary N) is 1. The van der Waals surface area contributed by atoms with Crippen molar-refractivity contribution in [3.8, 4) is 0 Å². The molecule has 27 heavy (non-hydrogen) atoms. The summed E-state index contributed by atoms with van der Waals surface area (Å²) in [6, 6.07) is 2.92. The van der Waals surface area contributed by atoms with Crippen LogP contribution < -0.4 is 5.32 Å². The summed E-state index contributed by atoms with van der Waals surface area (Å²) in [6.07, 6.45) is 2.08. The molecule has 0 saturated carbocycles. The Kier molecular flexibility index (Phi) is 6.15. The number of hydrogen-bond donors (Lipinski definition) is 1. The zero-order chi connectivity index (χ0) is 19.4. The number of halogens is 2. The first kappa shape index (κ1) is 19.4. The molecule has 0 bridgehead atoms. The lowest BCUT2D eigenvalue weighted by Gasteiger charge is -2.32. The largest absolute Gasteiger partial charge is 0.350 e. The minimum absolute atomic E-state index is 0.0314. The van der Waals surface area contributed by atoms with Gasteiger partial charge >= 0.3 is 0 Å². The Balaban J connectivity index is 1.67. The molecule has 1 N–H and O–H groups in total. The molecule has 1 fully saturated rings. The van der Waals surface area contributed by atoms with E-state index in [-0.39, 0.29) is 17.4 Å². The monoisotopic (exact) mass is 393 g/mol. The van der Waals surface area contributed by atoms with Gasteiger partial charge in [-0.3, -0.25) is 9.59 Å². The fraction of sp³-hybridized carbons (Fsp3) is 0.421. The first-order valence-electron chi connectivity index (χ1n) is 8.93. The number of amides is 2. The van der Waals surface area contributed by atoms with Gasteiger partial charge in [-0.15, -0.1) is 11.3 Å². The van der Waals surface area contributed by atoms with E-state index in [1.54, 1.807) is 11.8 Å². The lowest BCUT2D eigenvalue weighted by Crippen LogP contribution is -2.39. The van der Waals surface area contributed by atoms with E-state index in [1.807, 2.05) is 5.38 Å². The van der Waals surface area contributed by atoms with Gasteiger partial charge in [0.05, 0.1) is 22.8 Å². The summed E-state index contributed by atoms with van der Waals surface area (Å²) < 4.78 is 27.3. The van der Waals surface area contributed by atoms with Crippen LogP contribution in [0.4, 0.5) is 8.78 Å². The van der Waals surface area contributed by atoms with E-state index in [9.17, 15) is 18.4 Å². The zero-order valence-corrected chi connectivity index (χ0v) is 15.8. The quantitative estimate of drug-likeness (QED) is 0.846. The van der Waals surface area contributed by atoms with Crippen molar-refractivity contribution in [2.75, 3.05) is 13.1 Å². The van der Waals surface area contributed by atoms with Crippen LogP contribution in [0.3, 0.4) is 0 Å². The van der Waals surface area contributed by atoms with E-state index in [1.165, 1.54) is 11.3 Å². The maximum absolute atomic E-state index is 13.9. The fourth-order valence-electron chi connectivity index (χ4n) is 3.10. The van der Waals surface area contributed by atoms with Gasteiger partial charge in [-0.2, -0.15) is 0 Å². The lowest BCUT2D eigenvalue weighted by atomic mass is 9.98. The van der Waals surface area contributed by atoms with E-state index in [0.29, 0.717) is 26.1 Å². The number of carbonyl (C=O) groups is 2. The first-order valence-corrected chi connectivity index (χ1v) is 9.81. The summed E-state index contributed by atoms with van der Waals surface area (Å²) in [7, 11) is 0. The van der Waals surface area contributed by atoms with Gasteiger partial charge in [0, 0.05) is 30.8 Å². The Morgan fingerprint density at radius 1 is 1.37 bits per heavy atom. The van der Waals surface area contributed by atoms with Crippen LogP contribution in [0.25, 0.3) is 0 Å². The second-order valence-corrected chi connectivity index (χ2v) is 7.41. The molecule has 1 aromatic carbocycles. The molecule has 2 heterocycles. The number of carbonyl (C=O) groups excluding carboxylic acids is 2. The number of benzene rings is 1. The minimum atomic E-state index is -0.716. The molecule has 0 spiro atoms. The van der Waals surface area contributed by atoms with Crippen LogP contribution in [0.5, 0.6) is 0 Å². The summed E-state index contributed by atoms with van der Waals surface area (Å²) in [5.41, 5.74) is 0.550. The lowest BCUT2D eigenvalue weighted by molar-refractivity contribution is -0.120. The maximum Gasteiger partial charge on any atom is 0.256 e. The normalized spacial score (nSPS) is 17.0. The van der Waals surface area contributed by atoms with Crippen LogP contribution in [-0.2, 0) is 11.3 Å². The predicted molar refractivity (Wildman–Crippen MR) is 98.5 cm³/mol. The van der Waals surface area contributed by atoms with E-state index in [2.05, 4.69) is 10.3 Å². The Morgan fingerprint density at radius 2 is 2.19 bits per heavy atom. The van der Waals surface area contributed by atoms with Crippen molar-refractivity contribution in [1.29, 1.82) is 0 Å². The van der Waals surface area contributed by atoms with Gasteiger partial charge in [0.15, 0.2) is 0 Å². The number of likely N-dealkylation sites (tertiary alicyclic amines) is 1. The van der Waals surface area contributed by atoms with Crippen LogP contribution in [0.2, 0.25) is 0 Å². The highest BCUT2D eigenvalue weighted by molar-refractivity contribution is 7.09. The number of piperidine rings is 1. The number of rotatable bonds is 5. The van der Waals surface area contributed by atoms with Crippen LogP contribution in [0.1, 0.15) is 53.2 Å². The van der Waals surface area contributed by atoms with Gasteiger partial charge in [-0.1, -0.05) is 6.92 Å². The maximum atomic E-state index is 13.9. The molecule has 8 heteroatoms. The molecular weight excluding hydrogens is 372 g/mol. The smallest absolute Gasteiger partial charge is 0.256 e. The van der Waals surface area contributed by atoms with Gasteiger partial charge in [0.25, 0.3) is 5.91 Å². The van der Waals surface area contributed by atoms with Crippen molar-refractivity contribution in [3.63, 3.8) is 0 Å². The molecular formula is C19H21F2N3O2S. The van der Waals surface area contributed by atoms with E-state index < -0.39 is 17.5 Å². The highest BCUT2D eigenvalue weighted by Gasteiger charge is 2.28. The summed E-state index contributed by atoms with van der Waals surface area (Å²) in [5, 5.41) is 5.59. The molecule has 3 rings (SSSR count). The SMILES string of the molecule is CCC(=O)NCc1csc([C@H]2CCCN(C(=O)c3cc(F)ccc3F)C2)n1. The Labute approximate surface area is 160 Å². The Bertz CT molecular complexity index is 840. The highest BCUT2D eigenvalue weighted by Crippen LogP contribution is 2.30. The Hall–Kier alpha value is -2.35. The topological polar surface area (TPSA) is 62.3 Å². The number of thiazole rings is 1. The zero-order valence-electron chi connectivity index (χ0n) is 15.0. The van der Waals surface area contributed by atoms with Crippen molar-refractivity contribution in [2.45, 2.75) is 38.6 Å². The number of nitrogens with zero attached hydrogens (tertiary/aromatic N) is 2. The molecule has 5 nitrogen and oxygen atoms in total. The van der Waals surface area contributed by atoms with E-state index in [0.717, 1.165) is 41.7 Å². The standard InChI is InChI=1S/C19H21F2N3O2S/c1-2-17(25)22-9-14-11-27-18(23-14)12-4-3-7-24(10-12)19(26)15-8-13(20)5-6-16(15)21/h5-6,8,11-12H,2-4,7,9-10H2,1H3,(H,22,25)/t12-/m0/s1. The average Bonchev–Trinajstić information content (AvgIpc) is 3.16. The molecule has 2 amide bonds. The van der Waals surface area contributed by atoms with Gasteiger partial charge in [-0.05, 0) is 31.0 Å².